The topological polar surface area (TPSA) is 61.0 Å². The zero-order valence-corrected chi connectivity index (χ0v) is 10.0. The fourth-order valence-corrected chi connectivity index (χ4v) is 1.33. The van der Waals surface area contributed by atoms with E-state index in [9.17, 15) is 0 Å². The highest BCUT2D eigenvalue weighted by atomic mass is 35.5. The van der Waals surface area contributed by atoms with Gasteiger partial charge in [0.25, 0.3) is 0 Å². The molecule has 0 saturated heterocycles. The fourth-order valence-electron chi connectivity index (χ4n) is 1.24. The molecule has 0 fully saturated rings. The first kappa shape index (κ1) is 12.8. The van der Waals surface area contributed by atoms with Gasteiger partial charge in [-0.25, -0.2) is 9.98 Å². The van der Waals surface area contributed by atoms with Crippen LogP contribution in [0.2, 0.25) is 0 Å². The minimum absolute atomic E-state index is 0.523. The molecule has 0 bridgehead atoms. The van der Waals surface area contributed by atoms with Crippen molar-refractivity contribution in [3.63, 3.8) is 0 Å². The van der Waals surface area contributed by atoms with Crippen molar-refractivity contribution < 1.29 is 9.47 Å². The maximum Gasteiger partial charge on any atom is 0.246 e. The van der Waals surface area contributed by atoms with Gasteiger partial charge in [0.15, 0.2) is 5.82 Å². The number of methoxy groups -OCH3 is 2. The smallest absolute Gasteiger partial charge is 0.246 e. The summed E-state index contributed by atoms with van der Waals surface area (Å²) in [5.74, 6) is 0.523. The number of ether oxygens (including phenoxy) is 2. The molecule has 0 saturated carbocycles. The maximum absolute atomic E-state index is 5.47. The van der Waals surface area contributed by atoms with Crippen LogP contribution >= 0.6 is 11.6 Å². The van der Waals surface area contributed by atoms with E-state index in [1.165, 1.54) is 14.2 Å². The van der Waals surface area contributed by atoms with E-state index in [-0.39, 0.29) is 0 Å². The summed E-state index contributed by atoms with van der Waals surface area (Å²) < 4.78 is 11.8. The van der Waals surface area contributed by atoms with E-state index >= 15 is 0 Å². The summed E-state index contributed by atoms with van der Waals surface area (Å²) in [6.07, 6.45) is 2.54. The van der Waals surface area contributed by atoms with Crippen LogP contribution in [0.5, 0.6) is 0 Å². The maximum atomic E-state index is 5.47. The van der Waals surface area contributed by atoms with Gasteiger partial charge in [-0.3, -0.25) is 9.56 Å². The van der Waals surface area contributed by atoms with Crippen molar-refractivity contribution in [2.24, 2.45) is 9.98 Å². The first-order valence-electron chi connectivity index (χ1n) is 4.45. The van der Waals surface area contributed by atoms with Crippen molar-refractivity contribution in [1.29, 1.82) is 0 Å². The molecule has 0 aliphatic carbocycles. The lowest BCUT2D eigenvalue weighted by atomic mass is 10.4. The minimum Gasteiger partial charge on any atom is -0.338 e. The van der Waals surface area contributed by atoms with Crippen LogP contribution in [0.1, 0.15) is 12.1 Å². The van der Waals surface area contributed by atoms with Gasteiger partial charge in [-0.05, 0) is 0 Å². The Labute approximate surface area is 98.6 Å². The first-order chi connectivity index (χ1) is 7.78. The molecule has 6 nitrogen and oxygen atoms in total. The molecule has 0 N–H and O–H groups in total. The van der Waals surface area contributed by atoms with Crippen molar-refractivity contribution >= 4 is 29.3 Å². The Kier molecular flexibility index (Phi) is 5.10. The summed E-state index contributed by atoms with van der Waals surface area (Å²) in [5.41, 5.74) is 1.75. The van der Waals surface area contributed by atoms with Crippen molar-refractivity contribution in [2.75, 3.05) is 21.3 Å². The number of aromatic nitrogens is 2. The van der Waals surface area contributed by atoms with Crippen LogP contribution in [0.4, 0.5) is 5.82 Å². The number of rotatable bonds is 5. The second-order valence-electron chi connectivity index (χ2n) is 2.75. The van der Waals surface area contributed by atoms with Crippen LogP contribution in [0.3, 0.4) is 0 Å². The third-order valence-electron chi connectivity index (χ3n) is 1.85. The molecule has 0 amide bonds. The van der Waals surface area contributed by atoms with E-state index in [0.29, 0.717) is 11.5 Å². The van der Waals surface area contributed by atoms with Gasteiger partial charge >= 0.3 is 0 Å². The quantitative estimate of drug-likeness (QED) is 0.584. The van der Waals surface area contributed by atoms with E-state index < -0.39 is 6.41 Å². The van der Waals surface area contributed by atoms with Gasteiger partial charge in [0.05, 0.1) is 11.9 Å². The van der Waals surface area contributed by atoms with Crippen LogP contribution in [0, 0.1) is 0 Å². The predicted molar refractivity (Wildman–Crippen MR) is 62.8 cm³/mol. The second-order valence-corrected chi connectivity index (χ2v) is 2.95. The molecule has 1 rings (SSSR count). The molecule has 0 unspecified atom stereocenters. The van der Waals surface area contributed by atoms with Crippen molar-refractivity contribution in [2.45, 2.75) is 6.41 Å². The van der Waals surface area contributed by atoms with Crippen LogP contribution in [-0.2, 0) is 9.47 Å². The zero-order valence-electron chi connectivity index (χ0n) is 9.29. The molecule has 88 valence electrons. The summed E-state index contributed by atoms with van der Waals surface area (Å²) in [5, 5.41) is 0. The van der Waals surface area contributed by atoms with E-state index in [4.69, 9.17) is 21.1 Å². The summed E-state index contributed by atoms with van der Waals surface area (Å²) in [7, 11) is 4.70. The fraction of sp³-hybridized carbons (Fsp3) is 0.444. The van der Waals surface area contributed by atoms with Crippen molar-refractivity contribution in [3.8, 4) is 0 Å². The Bertz CT molecular complexity index is 385. The molecule has 1 heterocycles. The van der Waals surface area contributed by atoms with Crippen molar-refractivity contribution in [3.05, 3.63) is 12.0 Å². The van der Waals surface area contributed by atoms with E-state index in [2.05, 4.69) is 15.0 Å². The van der Waals surface area contributed by atoms with Gasteiger partial charge in [0.2, 0.25) is 6.41 Å². The van der Waals surface area contributed by atoms with Gasteiger partial charge in [0, 0.05) is 21.3 Å². The van der Waals surface area contributed by atoms with Crippen molar-refractivity contribution in [1.82, 2.24) is 9.55 Å². The van der Waals surface area contributed by atoms with Gasteiger partial charge in [-0.2, -0.15) is 0 Å². The molecule has 0 aliphatic heterocycles. The molecule has 0 spiro atoms. The van der Waals surface area contributed by atoms with E-state index in [0.717, 1.165) is 5.67 Å². The van der Waals surface area contributed by atoms with E-state index in [1.54, 1.807) is 24.2 Å². The van der Waals surface area contributed by atoms with Crippen LogP contribution in [0.15, 0.2) is 16.3 Å². The average molecular weight is 245 g/mol. The molecular weight excluding hydrogens is 232 g/mol. The number of imidazole rings is 1. The number of nitrogens with zero attached hydrogens (tertiary/aromatic N) is 4. The predicted octanol–water partition coefficient (Wildman–Crippen LogP) is 1.58. The molecular formula is C9H13ClN4O2. The highest BCUT2D eigenvalue weighted by Crippen LogP contribution is 2.22. The molecule has 7 heteroatoms. The largest absolute Gasteiger partial charge is 0.338 e. The molecule has 0 radical (unpaired) electrons. The van der Waals surface area contributed by atoms with Gasteiger partial charge in [0.1, 0.15) is 12.0 Å². The molecule has 16 heavy (non-hydrogen) atoms. The lowest BCUT2D eigenvalue weighted by Gasteiger charge is -2.15. The molecule has 0 aromatic carbocycles. The van der Waals surface area contributed by atoms with Crippen LogP contribution in [0.25, 0.3) is 0 Å². The summed E-state index contributed by atoms with van der Waals surface area (Å²) in [4.78, 5) is 12.0. The van der Waals surface area contributed by atoms with Gasteiger partial charge in [-0.15, -0.1) is 0 Å². The monoisotopic (exact) mass is 244 g/mol. The normalized spacial score (nSPS) is 12.3. The lowest BCUT2D eigenvalue weighted by molar-refractivity contribution is -0.154. The average Bonchev–Trinajstić information content (AvgIpc) is 2.66. The Morgan fingerprint density at radius 3 is 2.69 bits per heavy atom. The standard InChI is InChI=1S/C9H13ClN4O2/c1-11-4-7-8(12-5-10)14(6-13-7)9(15-2)16-3/h4-6,9H,1-3H3. The highest BCUT2D eigenvalue weighted by Gasteiger charge is 2.15. The Balaban J connectivity index is 3.18. The Morgan fingerprint density at radius 1 is 1.50 bits per heavy atom. The second kappa shape index (κ2) is 6.37. The highest BCUT2D eigenvalue weighted by molar-refractivity contribution is 6.56. The summed E-state index contributed by atoms with van der Waals surface area (Å²) in [6.45, 7) is 0. The zero-order chi connectivity index (χ0) is 12.0. The molecule has 0 aliphatic rings. The molecule has 1 aromatic rings. The Hall–Kier alpha value is -1.24. The SMILES string of the molecule is CN=Cc1ncn(C(OC)OC)c1N=CCl. The third kappa shape index (κ3) is 2.66. The Morgan fingerprint density at radius 2 is 2.19 bits per heavy atom. The number of aliphatic imine (C=N–C) groups is 2. The van der Waals surface area contributed by atoms with Crippen LogP contribution in [-0.4, -0.2) is 42.7 Å². The first-order valence-corrected chi connectivity index (χ1v) is 4.89. The van der Waals surface area contributed by atoms with Gasteiger partial charge < -0.3 is 9.47 Å². The molecule has 0 atom stereocenters. The summed E-state index contributed by atoms with van der Waals surface area (Å²) in [6, 6.07) is 0. The molecule has 1 aromatic heterocycles. The van der Waals surface area contributed by atoms with Crippen LogP contribution < -0.4 is 0 Å². The van der Waals surface area contributed by atoms with Gasteiger partial charge in [-0.1, -0.05) is 11.6 Å². The minimum atomic E-state index is -0.595. The van der Waals surface area contributed by atoms with E-state index in [1.807, 2.05) is 0 Å². The number of hydrogen-bond donors (Lipinski definition) is 0. The number of halogens is 1. The summed E-state index contributed by atoms with van der Waals surface area (Å²) >= 11 is 5.47. The number of hydrogen-bond acceptors (Lipinski definition) is 5. The lowest BCUT2D eigenvalue weighted by Crippen LogP contribution is -2.11. The third-order valence-corrected chi connectivity index (χ3v) is 1.95.